The van der Waals surface area contributed by atoms with Gasteiger partial charge in [-0.15, -0.1) is 0 Å². The summed E-state index contributed by atoms with van der Waals surface area (Å²) < 4.78 is 5.07. The summed E-state index contributed by atoms with van der Waals surface area (Å²) in [5.41, 5.74) is 2.10. The second-order valence-electron chi connectivity index (χ2n) is 6.37. The standard InChI is InChI=1S/C23H20N4O3S/c1-3-30-22(28)17-13-15(2)25-21(18(17)14-24)31-20-12-8-7-11-19(20)27-23(29)26-16-9-5-4-6-10-16/h4-13H,3H2,1-2H3,(H2,26,27,29). The van der Waals surface area contributed by atoms with E-state index in [1.54, 1.807) is 44.2 Å². The molecule has 0 aliphatic heterocycles. The van der Waals surface area contributed by atoms with Crippen molar-refractivity contribution in [3.63, 3.8) is 0 Å². The van der Waals surface area contributed by atoms with E-state index in [1.807, 2.05) is 24.3 Å². The van der Waals surface area contributed by atoms with Crippen LogP contribution in [0.25, 0.3) is 0 Å². The van der Waals surface area contributed by atoms with E-state index in [4.69, 9.17) is 4.74 Å². The lowest BCUT2D eigenvalue weighted by Gasteiger charge is -2.13. The van der Waals surface area contributed by atoms with Crippen LogP contribution in [-0.2, 0) is 4.74 Å². The highest BCUT2D eigenvalue weighted by Crippen LogP contribution is 2.35. The van der Waals surface area contributed by atoms with E-state index in [-0.39, 0.29) is 17.7 Å². The molecule has 156 valence electrons. The number of para-hydroxylation sites is 2. The third kappa shape index (κ3) is 5.62. The van der Waals surface area contributed by atoms with Gasteiger partial charge in [-0.05, 0) is 44.2 Å². The van der Waals surface area contributed by atoms with Gasteiger partial charge in [0.15, 0.2) is 0 Å². The number of nitrogens with zero attached hydrogens (tertiary/aromatic N) is 2. The number of rotatable bonds is 6. The second kappa shape index (κ2) is 10.3. The van der Waals surface area contributed by atoms with Crippen molar-refractivity contribution in [1.29, 1.82) is 5.26 Å². The Morgan fingerprint density at radius 3 is 2.52 bits per heavy atom. The zero-order valence-corrected chi connectivity index (χ0v) is 17.8. The summed E-state index contributed by atoms with van der Waals surface area (Å²) in [6.07, 6.45) is 0. The molecule has 0 fully saturated rings. The van der Waals surface area contributed by atoms with E-state index in [2.05, 4.69) is 21.7 Å². The van der Waals surface area contributed by atoms with Crippen molar-refractivity contribution >= 4 is 35.1 Å². The first-order chi connectivity index (χ1) is 15.0. The summed E-state index contributed by atoms with van der Waals surface area (Å²) in [7, 11) is 0. The van der Waals surface area contributed by atoms with E-state index < -0.39 is 12.0 Å². The number of hydrogen-bond donors (Lipinski definition) is 2. The molecule has 3 rings (SSSR count). The molecular weight excluding hydrogens is 412 g/mol. The smallest absolute Gasteiger partial charge is 0.339 e. The number of nitrogens with one attached hydrogen (secondary N) is 2. The number of esters is 1. The first-order valence-electron chi connectivity index (χ1n) is 9.50. The number of carbonyl (C=O) groups is 2. The molecule has 3 aromatic rings. The predicted octanol–water partition coefficient (Wildman–Crippen LogP) is 5.23. The van der Waals surface area contributed by atoms with Gasteiger partial charge in [0.2, 0.25) is 0 Å². The Hall–Kier alpha value is -3.83. The van der Waals surface area contributed by atoms with Crippen LogP contribution in [0, 0.1) is 18.3 Å². The molecule has 8 heteroatoms. The molecule has 0 bridgehead atoms. The lowest BCUT2D eigenvalue weighted by atomic mass is 10.1. The number of ether oxygens (including phenoxy) is 1. The van der Waals surface area contributed by atoms with E-state index >= 15 is 0 Å². The van der Waals surface area contributed by atoms with Crippen molar-refractivity contribution in [2.75, 3.05) is 17.2 Å². The summed E-state index contributed by atoms with van der Waals surface area (Å²) in [6, 6.07) is 19.4. The first-order valence-corrected chi connectivity index (χ1v) is 10.3. The van der Waals surface area contributed by atoms with E-state index in [0.29, 0.717) is 27.0 Å². The molecule has 1 aromatic heterocycles. The van der Waals surface area contributed by atoms with Gasteiger partial charge in [0.1, 0.15) is 11.1 Å². The monoisotopic (exact) mass is 432 g/mol. The summed E-state index contributed by atoms with van der Waals surface area (Å²) >= 11 is 1.19. The highest BCUT2D eigenvalue weighted by molar-refractivity contribution is 7.99. The number of urea groups is 1. The topological polar surface area (TPSA) is 104 Å². The van der Waals surface area contributed by atoms with Gasteiger partial charge < -0.3 is 15.4 Å². The molecular formula is C23H20N4O3S. The van der Waals surface area contributed by atoms with Crippen molar-refractivity contribution in [3.8, 4) is 6.07 Å². The zero-order chi connectivity index (χ0) is 22.2. The van der Waals surface area contributed by atoms with Crippen LogP contribution in [-0.4, -0.2) is 23.6 Å². The first kappa shape index (κ1) is 21.9. The van der Waals surface area contributed by atoms with Crippen molar-refractivity contribution in [2.45, 2.75) is 23.8 Å². The van der Waals surface area contributed by atoms with Crippen molar-refractivity contribution in [1.82, 2.24) is 4.98 Å². The largest absolute Gasteiger partial charge is 0.462 e. The molecule has 0 radical (unpaired) electrons. The van der Waals surface area contributed by atoms with E-state index in [1.165, 1.54) is 17.8 Å². The minimum atomic E-state index is -0.569. The molecule has 31 heavy (non-hydrogen) atoms. The summed E-state index contributed by atoms with van der Waals surface area (Å²) in [4.78, 5) is 29.8. The average molecular weight is 433 g/mol. The number of carbonyl (C=O) groups excluding carboxylic acids is 2. The van der Waals surface area contributed by atoms with Gasteiger partial charge in [-0.25, -0.2) is 14.6 Å². The molecule has 0 aliphatic rings. The van der Waals surface area contributed by atoms with E-state index in [0.717, 1.165) is 0 Å². The normalized spacial score (nSPS) is 10.1. The molecule has 2 amide bonds. The fraction of sp³-hybridized carbons (Fsp3) is 0.130. The zero-order valence-electron chi connectivity index (χ0n) is 17.0. The number of aryl methyl sites for hydroxylation is 1. The number of aromatic nitrogens is 1. The Bertz CT molecular complexity index is 1140. The molecule has 0 spiro atoms. The summed E-state index contributed by atoms with van der Waals surface area (Å²) in [6.45, 7) is 3.65. The number of pyridine rings is 1. The Morgan fingerprint density at radius 1 is 1.10 bits per heavy atom. The van der Waals surface area contributed by atoms with Crippen LogP contribution in [0.1, 0.15) is 28.5 Å². The Kier molecular flexibility index (Phi) is 7.25. The number of anilines is 2. The maximum absolute atomic E-state index is 12.4. The van der Waals surface area contributed by atoms with Gasteiger partial charge in [-0.2, -0.15) is 5.26 Å². The summed E-state index contributed by atoms with van der Waals surface area (Å²) in [5.74, 6) is -0.569. The van der Waals surface area contributed by atoms with Gasteiger partial charge in [0.05, 0.1) is 23.4 Å². The quantitative estimate of drug-likeness (QED) is 0.517. The lowest BCUT2D eigenvalue weighted by Crippen LogP contribution is -2.19. The fourth-order valence-electron chi connectivity index (χ4n) is 2.77. The Balaban J connectivity index is 1.88. The second-order valence-corrected chi connectivity index (χ2v) is 7.40. The van der Waals surface area contributed by atoms with Crippen LogP contribution in [0.2, 0.25) is 0 Å². The number of hydrogen-bond acceptors (Lipinski definition) is 6. The van der Waals surface area contributed by atoms with Gasteiger partial charge in [-0.1, -0.05) is 42.1 Å². The molecule has 0 aliphatic carbocycles. The van der Waals surface area contributed by atoms with Crippen molar-refractivity contribution in [3.05, 3.63) is 77.5 Å². The minimum Gasteiger partial charge on any atom is -0.462 e. The number of nitriles is 1. The van der Waals surface area contributed by atoms with Gasteiger partial charge in [0.25, 0.3) is 0 Å². The SMILES string of the molecule is CCOC(=O)c1cc(C)nc(Sc2ccccc2NC(=O)Nc2ccccc2)c1C#N. The lowest BCUT2D eigenvalue weighted by molar-refractivity contribution is 0.0525. The molecule has 0 atom stereocenters. The van der Waals surface area contributed by atoms with Crippen LogP contribution in [0.15, 0.2) is 70.6 Å². The van der Waals surface area contributed by atoms with E-state index in [9.17, 15) is 14.9 Å². The third-order valence-electron chi connectivity index (χ3n) is 4.10. The van der Waals surface area contributed by atoms with Crippen molar-refractivity contribution in [2.24, 2.45) is 0 Å². The Morgan fingerprint density at radius 2 is 1.81 bits per heavy atom. The third-order valence-corrected chi connectivity index (χ3v) is 5.16. The minimum absolute atomic E-state index is 0.137. The maximum atomic E-state index is 12.4. The maximum Gasteiger partial charge on any atom is 0.339 e. The number of benzene rings is 2. The van der Waals surface area contributed by atoms with Gasteiger partial charge in [-0.3, -0.25) is 0 Å². The van der Waals surface area contributed by atoms with Crippen LogP contribution in [0.5, 0.6) is 0 Å². The predicted molar refractivity (Wildman–Crippen MR) is 119 cm³/mol. The molecule has 0 saturated heterocycles. The molecule has 0 saturated carbocycles. The fourth-order valence-corrected chi connectivity index (χ4v) is 3.80. The van der Waals surface area contributed by atoms with Gasteiger partial charge in [0, 0.05) is 16.3 Å². The highest BCUT2D eigenvalue weighted by atomic mass is 32.2. The Labute approximate surface area is 184 Å². The molecule has 0 unspecified atom stereocenters. The van der Waals surface area contributed by atoms with Crippen molar-refractivity contribution < 1.29 is 14.3 Å². The highest BCUT2D eigenvalue weighted by Gasteiger charge is 2.20. The molecule has 2 aromatic carbocycles. The van der Waals surface area contributed by atoms with Crippen LogP contribution in [0.4, 0.5) is 16.2 Å². The number of amides is 2. The molecule has 7 nitrogen and oxygen atoms in total. The summed E-state index contributed by atoms with van der Waals surface area (Å²) in [5, 5.41) is 15.6. The van der Waals surface area contributed by atoms with Crippen LogP contribution < -0.4 is 10.6 Å². The average Bonchev–Trinajstić information content (AvgIpc) is 2.75. The van der Waals surface area contributed by atoms with Crippen LogP contribution >= 0.6 is 11.8 Å². The van der Waals surface area contributed by atoms with Crippen LogP contribution in [0.3, 0.4) is 0 Å². The molecule has 2 N–H and O–H groups in total. The van der Waals surface area contributed by atoms with Gasteiger partial charge >= 0.3 is 12.0 Å². The molecule has 1 heterocycles.